The van der Waals surface area contributed by atoms with Crippen LogP contribution in [0.5, 0.6) is 0 Å². The lowest BCUT2D eigenvalue weighted by molar-refractivity contribution is -0.123. The van der Waals surface area contributed by atoms with Gasteiger partial charge in [0.1, 0.15) is 0 Å². The molecule has 1 aliphatic heterocycles. The third-order valence-corrected chi connectivity index (χ3v) is 3.47. The Morgan fingerprint density at radius 3 is 2.40 bits per heavy atom. The molecule has 1 saturated heterocycles. The average Bonchev–Trinajstić information content (AvgIpc) is 2.32. The molecule has 5 nitrogen and oxygen atoms in total. The summed E-state index contributed by atoms with van der Waals surface area (Å²) in [5.74, 6) is 0.139. The molecule has 6 heteroatoms. The third-order valence-electron chi connectivity index (χ3n) is 3.47. The maximum atomic E-state index is 11.7. The Balaban J connectivity index is 0.00000361. The molecule has 1 heterocycles. The molecule has 1 amide bonds. The lowest BCUT2D eigenvalue weighted by Crippen LogP contribution is -2.47. The number of hydrogen-bond acceptors (Lipinski definition) is 4. The van der Waals surface area contributed by atoms with Crippen molar-refractivity contribution in [2.45, 2.75) is 52.4 Å². The lowest BCUT2D eigenvalue weighted by atomic mass is 10.1. The molecule has 0 saturated carbocycles. The van der Waals surface area contributed by atoms with Crippen molar-refractivity contribution in [1.82, 2.24) is 10.2 Å². The number of hydrogen-bond donors (Lipinski definition) is 2. The number of amides is 1. The van der Waals surface area contributed by atoms with Gasteiger partial charge in [0.15, 0.2) is 0 Å². The predicted octanol–water partition coefficient (Wildman–Crippen LogP) is 1.01. The number of ether oxygens (including phenoxy) is 1. The molecule has 1 rings (SSSR count). The summed E-state index contributed by atoms with van der Waals surface area (Å²) in [7, 11) is 0. The molecule has 1 aliphatic rings. The van der Waals surface area contributed by atoms with E-state index < -0.39 is 6.04 Å². The number of rotatable bonds is 6. The average molecular weight is 308 g/mol. The minimum atomic E-state index is -0.400. The van der Waals surface area contributed by atoms with Crippen molar-refractivity contribution >= 4 is 18.3 Å². The van der Waals surface area contributed by atoms with Crippen molar-refractivity contribution < 1.29 is 9.53 Å². The van der Waals surface area contributed by atoms with Crippen LogP contribution in [0.15, 0.2) is 0 Å². The highest BCUT2D eigenvalue weighted by atomic mass is 35.5. The summed E-state index contributed by atoms with van der Waals surface area (Å²) in [5, 5.41) is 2.90. The molecule has 120 valence electrons. The molecule has 3 atom stereocenters. The van der Waals surface area contributed by atoms with E-state index in [2.05, 4.69) is 24.1 Å². The molecule has 20 heavy (non-hydrogen) atoms. The summed E-state index contributed by atoms with van der Waals surface area (Å²) < 4.78 is 5.69. The smallest absolute Gasteiger partial charge is 0.237 e. The largest absolute Gasteiger partial charge is 0.373 e. The fraction of sp³-hybridized carbons (Fsp3) is 0.929. The number of halogens is 1. The number of carbonyl (C=O) groups is 1. The molecule has 0 bridgehead atoms. The third kappa shape index (κ3) is 6.88. The van der Waals surface area contributed by atoms with Gasteiger partial charge in [-0.2, -0.15) is 0 Å². The zero-order valence-corrected chi connectivity index (χ0v) is 13.9. The lowest BCUT2D eigenvalue weighted by Gasteiger charge is -2.35. The topological polar surface area (TPSA) is 67.6 Å². The molecule has 0 aromatic rings. The van der Waals surface area contributed by atoms with E-state index in [9.17, 15) is 4.79 Å². The maximum absolute atomic E-state index is 11.7. The molecule has 0 radical (unpaired) electrons. The molecular formula is C14H30ClN3O2. The maximum Gasteiger partial charge on any atom is 0.237 e. The number of nitrogens with zero attached hydrogens (tertiary/aromatic N) is 1. The summed E-state index contributed by atoms with van der Waals surface area (Å²) in [4.78, 5) is 14.1. The van der Waals surface area contributed by atoms with Gasteiger partial charge in [-0.3, -0.25) is 9.69 Å². The van der Waals surface area contributed by atoms with Gasteiger partial charge in [-0.15, -0.1) is 12.4 Å². The van der Waals surface area contributed by atoms with Crippen LogP contribution >= 0.6 is 12.4 Å². The van der Waals surface area contributed by atoms with Gasteiger partial charge in [0.2, 0.25) is 5.91 Å². The van der Waals surface area contributed by atoms with Crippen LogP contribution in [0.1, 0.15) is 34.1 Å². The Labute approximate surface area is 129 Å². The number of nitrogens with two attached hydrogens (primary N) is 1. The van der Waals surface area contributed by atoms with Gasteiger partial charge >= 0.3 is 0 Å². The second-order valence-electron chi connectivity index (χ2n) is 5.93. The standard InChI is InChI=1S/C14H29N3O2.ClH/c1-10(2)13(15)14(18)16-6-5-7-17-8-11(3)19-12(4)9-17;/h10-13H,5-9,15H2,1-4H3,(H,16,18);1H/t11?,12?,13-;/m0./s1. The minimum absolute atomic E-state index is 0. The zero-order chi connectivity index (χ0) is 14.4. The van der Waals surface area contributed by atoms with Crippen LogP contribution in [0.2, 0.25) is 0 Å². The van der Waals surface area contributed by atoms with E-state index in [4.69, 9.17) is 10.5 Å². The summed E-state index contributed by atoms with van der Waals surface area (Å²) in [5.41, 5.74) is 5.78. The molecule has 1 fully saturated rings. The summed E-state index contributed by atoms with van der Waals surface area (Å²) in [6.07, 6.45) is 1.55. The normalized spacial score (nSPS) is 25.1. The van der Waals surface area contributed by atoms with Crippen LogP contribution in [0.4, 0.5) is 0 Å². The number of morpholine rings is 1. The summed E-state index contributed by atoms with van der Waals surface area (Å²) >= 11 is 0. The van der Waals surface area contributed by atoms with E-state index in [0.717, 1.165) is 26.1 Å². The van der Waals surface area contributed by atoms with E-state index in [1.165, 1.54) is 0 Å². The summed E-state index contributed by atoms with van der Waals surface area (Å²) in [6.45, 7) is 11.8. The highest BCUT2D eigenvalue weighted by Crippen LogP contribution is 2.10. The molecule has 2 unspecified atom stereocenters. The number of nitrogens with one attached hydrogen (secondary N) is 1. The Morgan fingerprint density at radius 2 is 1.90 bits per heavy atom. The van der Waals surface area contributed by atoms with Crippen molar-refractivity contribution in [3.8, 4) is 0 Å². The Bertz CT molecular complexity index is 280. The second kappa shape index (κ2) is 9.55. The van der Waals surface area contributed by atoms with E-state index in [-0.39, 0.29) is 24.2 Å². The first-order valence-electron chi connectivity index (χ1n) is 7.31. The van der Waals surface area contributed by atoms with Crippen molar-refractivity contribution in [2.24, 2.45) is 11.7 Å². The first kappa shape index (κ1) is 19.6. The van der Waals surface area contributed by atoms with E-state index >= 15 is 0 Å². The molecule has 0 aliphatic carbocycles. The predicted molar refractivity (Wildman–Crippen MR) is 84.1 cm³/mol. The fourth-order valence-electron chi connectivity index (χ4n) is 2.40. The van der Waals surface area contributed by atoms with Crippen LogP contribution in [0.25, 0.3) is 0 Å². The van der Waals surface area contributed by atoms with Crippen LogP contribution in [-0.4, -0.2) is 55.2 Å². The van der Waals surface area contributed by atoms with Crippen LogP contribution in [0.3, 0.4) is 0 Å². The van der Waals surface area contributed by atoms with Gasteiger partial charge in [-0.25, -0.2) is 0 Å². The Morgan fingerprint density at radius 1 is 1.35 bits per heavy atom. The van der Waals surface area contributed by atoms with Crippen molar-refractivity contribution in [1.29, 1.82) is 0 Å². The quantitative estimate of drug-likeness (QED) is 0.719. The van der Waals surface area contributed by atoms with Crippen LogP contribution in [-0.2, 0) is 9.53 Å². The van der Waals surface area contributed by atoms with Gasteiger partial charge in [0, 0.05) is 26.2 Å². The van der Waals surface area contributed by atoms with Gasteiger partial charge in [0.05, 0.1) is 18.2 Å². The highest BCUT2D eigenvalue weighted by Gasteiger charge is 2.21. The van der Waals surface area contributed by atoms with Crippen LogP contribution < -0.4 is 11.1 Å². The Kier molecular flexibility index (Phi) is 9.38. The first-order valence-corrected chi connectivity index (χ1v) is 7.31. The highest BCUT2D eigenvalue weighted by molar-refractivity contribution is 5.85. The molecule has 0 aromatic heterocycles. The van der Waals surface area contributed by atoms with E-state index in [1.54, 1.807) is 0 Å². The molecule has 3 N–H and O–H groups in total. The van der Waals surface area contributed by atoms with Crippen molar-refractivity contribution in [3.63, 3.8) is 0 Å². The Hall–Kier alpha value is -0.360. The molecule has 0 aromatic carbocycles. The van der Waals surface area contributed by atoms with Crippen molar-refractivity contribution in [2.75, 3.05) is 26.2 Å². The summed E-state index contributed by atoms with van der Waals surface area (Å²) in [6, 6.07) is -0.400. The first-order chi connectivity index (χ1) is 8.90. The fourth-order valence-corrected chi connectivity index (χ4v) is 2.40. The van der Waals surface area contributed by atoms with Crippen LogP contribution in [0, 0.1) is 5.92 Å². The minimum Gasteiger partial charge on any atom is -0.373 e. The van der Waals surface area contributed by atoms with Gasteiger partial charge < -0.3 is 15.8 Å². The van der Waals surface area contributed by atoms with Gasteiger partial charge in [-0.05, 0) is 26.2 Å². The van der Waals surface area contributed by atoms with Gasteiger partial charge in [-0.1, -0.05) is 13.8 Å². The van der Waals surface area contributed by atoms with E-state index in [0.29, 0.717) is 18.8 Å². The molecular weight excluding hydrogens is 278 g/mol. The monoisotopic (exact) mass is 307 g/mol. The molecule has 0 spiro atoms. The zero-order valence-electron chi connectivity index (χ0n) is 13.1. The van der Waals surface area contributed by atoms with E-state index in [1.807, 2.05) is 13.8 Å². The van der Waals surface area contributed by atoms with Crippen molar-refractivity contribution in [3.05, 3.63) is 0 Å². The van der Waals surface area contributed by atoms with Gasteiger partial charge in [0.25, 0.3) is 0 Å². The SMILES string of the molecule is CC1CN(CCCNC(=O)[C@@H](N)C(C)C)CC(C)O1.Cl. The second-order valence-corrected chi connectivity index (χ2v) is 5.93. The number of carbonyl (C=O) groups excluding carboxylic acids is 1.